The quantitative estimate of drug-likeness (QED) is 0.139. The van der Waals surface area contributed by atoms with Crippen LogP contribution in [-0.4, -0.2) is 73.8 Å². The van der Waals surface area contributed by atoms with E-state index in [9.17, 15) is 60.7 Å². The number of phenols is 2. The van der Waals surface area contributed by atoms with Gasteiger partial charge in [0.2, 0.25) is 0 Å². The van der Waals surface area contributed by atoms with Crippen molar-refractivity contribution in [2.24, 2.45) is 0 Å². The number of hydrogen-bond donors (Lipinski definition) is 2. The minimum absolute atomic E-state index is 0.447. The smallest absolute Gasteiger partial charge is 0.324 e. The predicted octanol–water partition coefficient (Wildman–Crippen LogP) is 5.31. The van der Waals surface area contributed by atoms with Gasteiger partial charge in [-0.05, 0) is 45.1 Å². The van der Waals surface area contributed by atoms with E-state index in [2.05, 4.69) is 59.5 Å². The number of rotatable bonds is 12. The number of benzene rings is 3. The molecule has 0 unspecified atom stereocenters. The highest BCUT2D eigenvalue weighted by molar-refractivity contribution is 5.75. The number of non-ortho nitro benzene ring substituents is 2. The lowest BCUT2D eigenvalue weighted by Gasteiger charge is -2.18. The molecule has 0 amide bonds. The third-order valence-corrected chi connectivity index (χ3v) is 6.91. The molecular weight excluding hydrogens is 674 g/mol. The fourth-order valence-corrected chi connectivity index (χ4v) is 4.42. The van der Waals surface area contributed by atoms with Crippen LogP contribution in [0.1, 0.15) is 26.1 Å². The summed E-state index contributed by atoms with van der Waals surface area (Å²) in [6.45, 7) is 11.0. The number of nitrogens with zero attached hydrogens (tertiary/aromatic N) is 9. The van der Waals surface area contributed by atoms with Crippen molar-refractivity contribution in [2.45, 2.75) is 33.7 Å². The molecule has 0 saturated carbocycles. The van der Waals surface area contributed by atoms with Crippen LogP contribution < -0.4 is 0 Å². The Kier molecular flexibility index (Phi) is 13.6. The second kappa shape index (κ2) is 17.3. The summed E-state index contributed by atoms with van der Waals surface area (Å²) in [6, 6.07) is 10.2. The van der Waals surface area contributed by atoms with Gasteiger partial charge in [0.15, 0.2) is 0 Å². The lowest BCUT2D eigenvalue weighted by molar-refractivity contribution is -0.404. The first kappa shape index (κ1) is 39.3. The van der Waals surface area contributed by atoms with Crippen molar-refractivity contribution in [3.05, 3.63) is 115 Å². The van der Waals surface area contributed by atoms with Gasteiger partial charge in [-0.2, -0.15) is 0 Å². The highest BCUT2D eigenvalue weighted by Crippen LogP contribution is 2.40. The first-order chi connectivity index (χ1) is 23.4. The summed E-state index contributed by atoms with van der Waals surface area (Å²) >= 11 is 0. The van der Waals surface area contributed by atoms with Crippen LogP contribution >= 0.6 is 0 Å². The average molecular weight is 704 g/mol. The Morgan fingerprint density at radius 2 is 1.04 bits per heavy atom. The van der Waals surface area contributed by atoms with Gasteiger partial charge < -0.3 is 19.7 Å². The Morgan fingerprint density at radius 3 is 1.38 bits per heavy atom. The van der Waals surface area contributed by atoms with E-state index in [1.54, 1.807) is 0 Å². The first-order valence-electron chi connectivity index (χ1n) is 14.2. The summed E-state index contributed by atoms with van der Waals surface area (Å²) in [5.41, 5.74) is -3.64. The highest BCUT2D eigenvalue weighted by Gasteiger charge is 2.31. The largest absolute Gasteiger partial charge is 0.497 e. The lowest BCUT2D eigenvalue weighted by Crippen LogP contribution is -2.24. The van der Waals surface area contributed by atoms with Gasteiger partial charge in [0.25, 0.3) is 22.9 Å². The molecule has 0 fully saturated rings. The number of nitro benzene ring substituents is 6. The molecule has 3 aromatic carbocycles. The second-order valence-electron chi connectivity index (χ2n) is 9.89. The molecule has 4 rings (SSSR count). The third-order valence-electron chi connectivity index (χ3n) is 6.91. The van der Waals surface area contributed by atoms with Gasteiger partial charge in [0.1, 0.15) is 5.82 Å². The van der Waals surface area contributed by atoms with Crippen molar-refractivity contribution >= 4 is 45.2 Å². The molecule has 0 bridgehead atoms. The van der Waals surface area contributed by atoms with E-state index >= 15 is 0 Å². The molecule has 23 nitrogen and oxygen atoms in total. The number of nitro groups is 6. The van der Waals surface area contributed by atoms with Gasteiger partial charge in [-0.15, -0.1) is 0 Å². The fraction of sp³-hybridized carbons (Fsp3) is 0.296. The lowest BCUT2D eigenvalue weighted by atomic mass is 10.2. The van der Waals surface area contributed by atoms with Crippen LogP contribution in [0.25, 0.3) is 11.0 Å². The molecule has 0 aliphatic heterocycles. The number of para-hydroxylation sites is 2. The molecule has 4 aromatic rings. The Labute approximate surface area is 279 Å². The summed E-state index contributed by atoms with van der Waals surface area (Å²) in [5.74, 6) is -1.29. The summed E-state index contributed by atoms with van der Waals surface area (Å²) in [5, 5.41) is 80.4. The number of phenolic OH excluding ortho intramolecular Hbond substituents is 2. The van der Waals surface area contributed by atoms with Crippen LogP contribution in [0.4, 0.5) is 34.1 Å². The molecule has 0 aliphatic carbocycles. The molecule has 23 heteroatoms. The summed E-state index contributed by atoms with van der Waals surface area (Å²) in [6.07, 6.45) is 1.18. The Hall–Kier alpha value is -6.91. The first-order valence-corrected chi connectivity index (χ1v) is 14.2. The van der Waals surface area contributed by atoms with Crippen molar-refractivity contribution in [3.8, 4) is 11.5 Å². The highest BCUT2D eigenvalue weighted by atomic mass is 16.7. The van der Waals surface area contributed by atoms with Crippen LogP contribution in [0.3, 0.4) is 0 Å². The Morgan fingerprint density at radius 1 is 0.660 bits per heavy atom. The monoisotopic (exact) mass is 703 g/mol. The zero-order chi connectivity index (χ0) is 37.9. The maximum Gasteiger partial charge on any atom is 0.324 e. The minimum atomic E-state index is -1.21. The van der Waals surface area contributed by atoms with Crippen molar-refractivity contribution in [1.82, 2.24) is 14.5 Å². The molecule has 0 atom stereocenters. The second-order valence-corrected chi connectivity index (χ2v) is 9.89. The van der Waals surface area contributed by atoms with E-state index in [4.69, 9.17) is 10.2 Å². The molecule has 266 valence electrons. The van der Waals surface area contributed by atoms with E-state index in [-0.39, 0.29) is 0 Å². The normalized spacial score (nSPS) is 10.4. The topological polar surface area (TPSA) is 320 Å². The molecule has 0 aliphatic rings. The van der Waals surface area contributed by atoms with Crippen LogP contribution in [-0.2, 0) is 6.54 Å². The van der Waals surface area contributed by atoms with Crippen molar-refractivity contribution in [1.29, 1.82) is 0 Å². The molecule has 0 saturated heterocycles. The number of fused-ring (bicyclic) bond motifs is 1. The zero-order valence-electron chi connectivity index (χ0n) is 26.5. The van der Waals surface area contributed by atoms with Gasteiger partial charge in [-0.1, -0.05) is 26.0 Å². The van der Waals surface area contributed by atoms with Crippen LogP contribution in [0.15, 0.2) is 48.5 Å². The molecule has 0 radical (unpaired) electrons. The van der Waals surface area contributed by atoms with Gasteiger partial charge in [0.05, 0.1) is 64.8 Å². The Balaban J connectivity index is 0.000000261. The van der Waals surface area contributed by atoms with Crippen molar-refractivity contribution in [3.63, 3.8) is 0 Å². The number of hydrogen-bond acceptors (Lipinski definition) is 16. The Bertz CT molecular complexity index is 1780. The van der Waals surface area contributed by atoms with Gasteiger partial charge in [-0.3, -0.25) is 60.7 Å². The molecule has 2 N–H and O–H groups in total. The number of imidazole rings is 1. The van der Waals surface area contributed by atoms with Gasteiger partial charge in [0, 0.05) is 6.54 Å². The van der Waals surface area contributed by atoms with E-state index in [0.717, 1.165) is 31.0 Å². The molecule has 0 spiro atoms. The third kappa shape index (κ3) is 9.80. The minimum Gasteiger partial charge on any atom is -0.497 e. The van der Waals surface area contributed by atoms with Gasteiger partial charge in [-0.25, -0.2) is 4.98 Å². The summed E-state index contributed by atoms with van der Waals surface area (Å²) in [7, 11) is 0. The molecular formula is C27H29N9O14. The van der Waals surface area contributed by atoms with E-state index in [0.29, 0.717) is 24.3 Å². The van der Waals surface area contributed by atoms with Crippen LogP contribution in [0.5, 0.6) is 11.5 Å². The van der Waals surface area contributed by atoms with E-state index < -0.39 is 75.2 Å². The average Bonchev–Trinajstić information content (AvgIpc) is 3.37. The van der Waals surface area contributed by atoms with Crippen LogP contribution in [0.2, 0.25) is 0 Å². The zero-order valence-corrected chi connectivity index (χ0v) is 26.5. The van der Waals surface area contributed by atoms with E-state index in [1.165, 1.54) is 18.5 Å². The number of aryl methyl sites for hydroxylation is 2. The van der Waals surface area contributed by atoms with Crippen LogP contribution in [0, 0.1) is 67.6 Å². The fourth-order valence-electron chi connectivity index (χ4n) is 4.42. The maximum absolute atomic E-state index is 10.4. The number of aromatic nitrogens is 2. The van der Waals surface area contributed by atoms with Crippen molar-refractivity contribution in [2.75, 3.05) is 19.6 Å². The number of aromatic hydroxyl groups is 2. The maximum atomic E-state index is 10.4. The molecule has 50 heavy (non-hydrogen) atoms. The summed E-state index contributed by atoms with van der Waals surface area (Å²) < 4.78 is 2.33. The predicted molar refractivity (Wildman–Crippen MR) is 173 cm³/mol. The van der Waals surface area contributed by atoms with Crippen molar-refractivity contribution < 1.29 is 39.8 Å². The summed E-state index contributed by atoms with van der Waals surface area (Å²) in [4.78, 5) is 62.6. The molecule has 1 heterocycles. The molecule has 1 aromatic heterocycles. The van der Waals surface area contributed by atoms with Gasteiger partial charge >= 0.3 is 22.7 Å². The SMILES string of the molecule is CCN(CC)CCCn1c(C)nc2ccccc21.O=[N+]([O-])c1cc([N+](=O)[O-])c(O)c([N+](=O)[O-])c1.O=[N+]([O-])c1cc([N+](=O)[O-])c(O)c([N+](=O)[O-])c1. The van der Waals surface area contributed by atoms with E-state index in [1.807, 2.05) is 0 Å². The standard InChI is InChI=1S/C15H23N3.2C6H3N3O7/c1-4-17(5-2)11-8-12-18-13(3)16-14-9-6-7-10-15(14)18;2*10-6-4(8(13)14)1-3(7(11)12)2-5(6)9(15)16/h6-7,9-10H,4-5,8,11-12H2,1-3H3;2*1-2,10H.